The van der Waals surface area contributed by atoms with Crippen LogP contribution in [0.15, 0.2) is 160 Å². The van der Waals surface area contributed by atoms with Crippen molar-refractivity contribution in [2.45, 2.75) is 286 Å². The van der Waals surface area contributed by atoms with Crippen molar-refractivity contribution >= 4 is 123 Å². The first-order valence-corrected chi connectivity index (χ1v) is 52.9. The average Bonchev–Trinajstić information content (AvgIpc) is 1.59. The van der Waals surface area contributed by atoms with E-state index < -0.39 is 193 Å². The fourth-order valence-corrected chi connectivity index (χ4v) is 22.3. The van der Waals surface area contributed by atoms with Gasteiger partial charge in [-0.1, -0.05) is 92.8 Å². The van der Waals surface area contributed by atoms with Gasteiger partial charge in [-0.3, -0.25) is 57.2 Å². The van der Waals surface area contributed by atoms with E-state index in [1.165, 1.54) is 82.6 Å². The summed E-state index contributed by atoms with van der Waals surface area (Å²) in [5.41, 5.74) is -0.871. The van der Waals surface area contributed by atoms with Gasteiger partial charge < -0.3 is 47.6 Å². The van der Waals surface area contributed by atoms with Crippen LogP contribution in [0.5, 0.6) is 11.8 Å². The van der Waals surface area contributed by atoms with E-state index in [2.05, 4.69) is 24.6 Å². The summed E-state index contributed by atoms with van der Waals surface area (Å²) in [6.07, 6.45) is 14.7. The first-order chi connectivity index (χ1) is 68.4. The summed E-state index contributed by atoms with van der Waals surface area (Å²) < 4.78 is 149. The van der Waals surface area contributed by atoms with Crippen LogP contribution in [0.3, 0.4) is 0 Å². The number of furan rings is 2. The molecular weight excluding hydrogens is 1910 g/mol. The number of alkyl halides is 4. The number of halogens is 4. The van der Waals surface area contributed by atoms with Crippen molar-refractivity contribution in [1.82, 2.24) is 58.5 Å². The Bertz CT molecular complexity index is 6560. The number of nitrogens with two attached hydrogens (primary N) is 1. The highest BCUT2D eigenvalue weighted by molar-refractivity contribution is 7.91. The summed E-state index contributed by atoms with van der Waals surface area (Å²) in [6.45, 7) is 13.7. The standard InChI is InChI=1S/C44H50F2N4O9S.C41H45F2N3O8.C9H16N2.C7H6N4O.C3H7NO2S/c1-42(2,3)59-37(52)20-27-12-5-4-10-18-44(45,46)23-28-22-43(28,41(54)49-60(55,56)30-16-17-30)24-34(51)33-21-29(25-50(33)40(27)53)57-39-38(47-31-13-7-8-14-32(31)48-39)36-19-26-11-6-9-15-35(26)58-36;1-39(2,3)54-34(48)18-25-12-5-4-10-16-41(42,43)21-26-20-40(26,38(50)51)22-31(47)30-19-27(23-46(30)37(25)49)52-36-35(44-28-13-7-8-14-29(28)45-36)33-17-24-11-6-9-15-32(24)53-33;1-2-5-9-10-6-4-8-11(9)7-3-1;12-7(10-3-1-8-5-10)11-4-2-9-6-11;4-7(5,6)3-1-2-3/h6-9,11,13-15,19,27-30,33H,4-5,10,12,16-18,20-25H2,1-3H3,(H,49,54);6-9,11,13-15,17,25-27,30H,4-5,10,12,16,18-23H2,1-3H3,(H,50,51);1-8H2;1-6H;3H,1-2H2,(H2,4,5,6)/t27-,28+,29-,33+,43-;25-,26+,27-,30+,40-;;;/m11.../s1. The van der Waals surface area contributed by atoms with Crippen LogP contribution < -0.4 is 19.3 Å². The zero-order valence-electron chi connectivity index (χ0n) is 81.6. The molecule has 6 aliphatic heterocycles. The number of ketones is 2. The lowest BCUT2D eigenvalue weighted by Gasteiger charge is -2.29. The smallest absolute Gasteiger partial charge is 0.338 e. The van der Waals surface area contributed by atoms with Gasteiger partial charge in [0.1, 0.15) is 47.2 Å². The zero-order chi connectivity index (χ0) is 102. The second kappa shape index (κ2) is 43.4. The summed E-state index contributed by atoms with van der Waals surface area (Å²) >= 11 is 0. The van der Waals surface area contributed by atoms with E-state index in [0.29, 0.717) is 94.7 Å². The van der Waals surface area contributed by atoms with Crippen molar-refractivity contribution in [2.75, 3.05) is 32.7 Å². The number of aromatic nitrogens is 8. The molecule has 770 valence electrons. The molecule has 20 rings (SSSR count). The minimum Gasteiger partial charge on any atom is -0.481 e. The third kappa shape index (κ3) is 26.3. The molecule has 9 fully saturated rings. The molecule has 144 heavy (non-hydrogen) atoms. The Balaban J connectivity index is 0.000000159. The third-order valence-corrected chi connectivity index (χ3v) is 31.2. The number of carboxylic acid groups (broad SMARTS) is 1. The van der Waals surface area contributed by atoms with Gasteiger partial charge in [0.25, 0.3) is 0 Å². The van der Waals surface area contributed by atoms with Crippen molar-refractivity contribution < 1.29 is 110 Å². The van der Waals surface area contributed by atoms with Crippen LogP contribution >= 0.6 is 0 Å². The Labute approximate surface area is 831 Å². The molecule has 4 aliphatic carbocycles. The molecule has 5 saturated heterocycles. The molecule has 12 heterocycles. The molecular formula is C104H124F4N14O20S2. The molecule has 0 unspecified atom stereocenters. The lowest BCUT2D eigenvalue weighted by molar-refractivity contribution is -0.159. The summed E-state index contributed by atoms with van der Waals surface area (Å²) in [6, 6.07) is 30.5. The minimum absolute atomic E-state index is 0.00562. The molecule has 10 aromatic rings. The van der Waals surface area contributed by atoms with Crippen LogP contribution in [0, 0.1) is 34.5 Å². The number of esters is 2. The van der Waals surface area contributed by atoms with Crippen LogP contribution in [0.2, 0.25) is 0 Å². The molecule has 4 aromatic carbocycles. The normalized spacial score (nSPS) is 24.8. The van der Waals surface area contributed by atoms with Gasteiger partial charge in [-0.25, -0.2) is 74.2 Å². The van der Waals surface area contributed by atoms with Crippen molar-refractivity contribution in [3.63, 3.8) is 0 Å². The number of sulfonamides is 2. The van der Waals surface area contributed by atoms with Gasteiger partial charge >= 0.3 is 23.9 Å². The first-order valence-electron chi connectivity index (χ1n) is 49.8. The van der Waals surface area contributed by atoms with Gasteiger partial charge in [-0.15, -0.1) is 0 Å². The SMILES string of the molecule is C1CCC2=NCCCN2CC1.CC(C)(C)OC(=O)C[C@H]1CCCCCC(F)(F)C[C@@H]2C[C@@]2(C(=O)NS(=O)(=O)C2CC2)CC(=O)[C@@H]2C[C@@H](Oc3nc4ccccc4nc3-c3cc4ccccc4o3)CN2C1=O.CC(C)(C)OC(=O)C[C@H]1CCCCCC(F)(F)C[C@@H]2C[C@@]2(C(=O)O)CC(=O)[C@@H]2C[C@@H](Oc3nc4ccccc4nc3-c3cc4ccccc4o3)CN2C1=O.NS(=O)(=O)C1CC1.O=C(n1ccnc1)n1ccnc1. The Kier molecular flexibility index (Phi) is 31.5. The van der Waals surface area contributed by atoms with E-state index in [-0.39, 0.29) is 100 Å². The molecule has 40 heteroatoms. The fraction of sp³-hybridized carbons (Fsp3) is 0.538. The van der Waals surface area contributed by atoms with Gasteiger partial charge in [-0.2, -0.15) is 0 Å². The number of rotatable bonds is 15. The maximum Gasteiger partial charge on any atom is 0.338 e. The number of Topliss-reactive ketones (excluding diaryl/α,β-unsaturated/α-hetero) is 2. The van der Waals surface area contributed by atoms with Crippen LogP contribution in [0.25, 0.3) is 66.9 Å². The minimum atomic E-state index is -4.06. The predicted molar refractivity (Wildman–Crippen MR) is 524 cm³/mol. The number of amides is 3. The van der Waals surface area contributed by atoms with Gasteiger partial charge in [0.2, 0.25) is 61.4 Å². The maximum absolute atomic E-state index is 15.5. The third-order valence-electron chi connectivity index (χ3n) is 28.0. The first kappa shape index (κ1) is 104. The van der Waals surface area contributed by atoms with Crippen LogP contribution in [-0.2, 0) is 67.9 Å². The van der Waals surface area contributed by atoms with Gasteiger partial charge in [0.15, 0.2) is 34.5 Å². The molecule has 10 aliphatic rings. The molecule has 3 amide bonds. The number of benzene rings is 4. The van der Waals surface area contributed by atoms with Crippen LogP contribution in [0.1, 0.15) is 228 Å². The Hall–Kier alpha value is -12.5. The lowest BCUT2D eigenvalue weighted by Crippen LogP contribution is -2.46. The quantitative estimate of drug-likeness (QED) is 0.0634. The van der Waals surface area contributed by atoms with Crippen molar-refractivity contribution in [3.05, 3.63) is 147 Å². The van der Waals surface area contributed by atoms with Crippen molar-refractivity contribution in [2.24, 2.45) is 44.6 Å². The Morgan fingerprint density at radius 2 is 0.958 bits per heavy atom. The molecule has 4 N–H and O–H groups in total. The van der Waals surface area contributed by atoms with E-state index in [4.69, 9.17) is 52.9 Å². The Morgan fingerprint density at radius 1 is 0.528 bits per heavy atom. The monoisotopic (exact) mass is 2030 g/mol. The zero-order valence-corrected chi connectivity index (χ0v) is 83.3. The van der Waals surface area contributed by atoms with Gasteiger partial charge in [-0.05, 0) is 185 Å². The number of para-hydroxylation sites is 6. The average molecular weight is 2030 g/mol. The number of carbonyl (C=O) groups excluding carboxylic acids is 8. The number of carboxylic acids is 1. The van der Waals surface area contributed by atoms with Crippen LogP contribution in [0.4, 0.5) is 22.4 Å². The predicted octanol–water partition coefficient (Wildman–Crippen LogP) is 16.8. The number of fused-ring (bicyclic) bond motifs is 9. The molecule has 34 nitrogen and oxygen atoms in total. The number of nitrogens with one attached hydrogen (secondary N) is 1. The molecule has 0 radical (unpaired) electrons. The van der Waals surface area contributed by atoms with E-state index in [1.807, 2.05) is 84.9 Å². The number of carbonyl (C=O) groups is 9. The van der Waals surface area contributed by atoms with E-state index in [9.17, 15) is 65.1 Å². The number of aliphatic imine (C=N–C) groups is 1. The summed E-state index contributed by atoms with van der Waals surface area (Å²) in [7, 11) is -7.19. The Morgan fingerprint density at radius 3 is 1.39 bits per heavy atom. The van der Waals surface area contributed by atoms with Crippen molar-refractivity contribution in [1.29, 1.82) is 0 Å². The van der Waals surface area contributed by atoms with E-state index in [1.54, 1.807) is 90.6 Å². The summed E-state index contributed by atoms with van der Waals surface area (Å²) in [5.74, 6) is -13.1. The number of imidazole rings is 2. The highest BCUT2D eigenvalue weighted by Gasteiger charge is 2.66. The molecule has 10 atom stereocenters. The number of primary sulfonamides is 1. The number of hydrogen-bond acceptors (Lipinski definition) is 27. The van der Waals surface area contributed by atoms with Gasteiger partial charge in [0, 0.05) is 125 Å². The maximum atomic E-state index is 15.5. The summed E-state index contributed by atoms with van der Waals surface area (Å²) in [5, 5.41) is 15.7. The molecule has 4 saturated carbocycles. The number of ether oxygens (including phenoxy) is 4. The number of amidine groups is 1. The van der Waals surface area contributed by atoms with E-state index in [0.717, 1.165) is 30.2 Å². The van der Waals surface area contributed by atoms with Gasteiger partial charge in [0.05, 0.1) is 87.2 Å². The fourth-order valence-electron chi connectivity index (χ4n) is 20.1. The largest absolute Gasteiger partial charge is 0.481 e. The molecule has 0 bridgehead atoms. The number of nitrogens with zero attached hydrogens (tertiary/aromatic N) is 12. The number of hydrogen-bond donors (Lipinski definition) is 3. The highest BCUT2D eigenvalue weighted by Crippen LogP contribution is 2.62. The number of aliphatic carboxylic acids is 1. The second-order valence-corrected chi connectivity index (χ2v) is 45.4. The second-order valence-electron chi connectivity index (χ2n) is 41.6. The van der Waals surface area contributed by atoms with Crippen LogP contribution in [-0.4, -0.2) is 225 Å². The lowest BCUT2D eigenvalue weighted by atomic mass is 9.89. The highest BCUT2D eigenvalue weighted by atomic mass is 32.2. The molecule has 6 aromatic heterocycles. The molecule has 0 spiro atoms. The topological polar surface area (TPSA) is 453 Å². The summed E-state index contributed by atoms with van der Waals surface area (Å²) in [4.78, 5) is 159. The van der Waals surface area contributed by atoms with E-state index >= 15 is 17.6 Å². The van der Waals surface area contributed by atoms with Crippen molar-refractivity contribution in [3.8, 4) is 34.7 Å².